The van der Waals surface area contributed by atoms with Crippen LogP contribution in [0.3, 0.4) is 0 Å². The molecule has 0 fully saturated rings. The van der Waals surface area contributed by atoms with Gasteiger partial charge in [-0.05, 0) is 41.0 Å². The van der Waals surface area contributed by atoms with Crippen molar-refractivity contribution in [3.8, 4) is 0 Å². The van der Waals surface area contributed by atoms with Crippen LogP contribution >= 0.6 is 11.3 Å². The highest BCUT2D eigenvalue weighted by molar-refractivity contribution is 7.10. The first-order valence-electron chi connectivity index (χ1n) is 6.15. The second kappa shape index (κ2) is 7.27. The summed E-state index contributed by atoms with van der Waals surface area (Å²) in [5.74, 6) is 0.679. The quantitative estimate of drug-likeness (QED) is 0.679. The van der Waals surface area contributed by atoms with E-state index < -0.39 is 5.95 Å². The third kappa shape index (κ3) is 4.96. The Hall–Kier alpha value is -1.22. The predicted octanol–water partition coefficient (Wildman–Crippen LogP) is 5.22. The van der Waals surface area contributed by atoms with Crippen LogP contribution in [0.25, 0.3) is 0 Å². The molecule has 0 bridgehead atoms. The molecule has 98 valence electrons. The van der Waals surface area contributed by atoms with Gasteiger partial charge in [0.05, 0.1) is 0 Å². The molecular formula is C15H20FNS. The molecule has 2 aromatic rings. The molecule has 2 aromatic heterocycles. The largest absolute Gasteiger partial charge is 0.228 e. The van der Waals surface area contributed by atoms with Gasteiger partial charge in [-0.15, -0.1) is 11.3 Å². The summed E-state index contributed by atoms with van der Waals surface area (Å²) in [7, 11) is 0. The summed E-state index contributed by atoms with van der Waals surface area (Å²) in [6.45, 7) is 8.47. The Bertz CT molecular complexity index is 449. The Balaban J connectivity index is 0.000000184. The Labute approximate surface area is 113 Å². The summed E-state index contributed by atoms with van der Waals surface area (Å²) >= 11 is 1.83. The van der Waals surface area contributed by atoms with E-state index in [2.05, 4.69) is 36.3 Å². The number of hydrogen-bond donors (Lipinski definition) is 0. The molecule has 0 saturated heterocycles. The lowest BCUT2D eigenvalue weighted by molar-refractivity contribution is 0.579. The molecule has 0 aliphatic heterocycles. The van der Waals surface area contributed by atoms with Gasteiger partial charge in [-0.2, -0.15) is 4.39 Å². The van der Waals surface area contributed by atoms with Crippen LogP contribution in [0.5, 0.6) is 0 Å². The van der Waals surface area contributed by atoms with Gasteiger partial charge in [0.2, 0.25) is 5.95 Å². The lowest BCUT2D eigenvalue weighted by atomic mass is 10.1. The molecule has 2 heterocycles. The zero-order valence-corrected chi connectivity index (χ0v) is 12.2. The first-order chi connectivity index (χ1) is 8.50. The number of rotatable bonds is 2. The van der Waals surface area contributed by atoms with E-state index in [1.807, 2.05) is 31.3 Å². The Morgan fingerprint density at radius 1 is 1.11 bits per heavy atom. The Morgan fingerprint density at radius 2 is 1.83 bits per heavy atom. The van der Waals surface area contributed by atoms with Crippen LogP contribution in [-0.2, 0) is 0 Å². The fraction of sp³-hybridized carbons (Fsp3) is 0.400. The van der Waals surface area contributed by atoms with Crippen molar-refractivity contribution in [2.75, 3.05) is 0 Å². The van der Waals surface area contributed by atoms with E-state index in [1.54, 1.807) is 0 Å². The summed E-state index contributed by atoms with van der Waals surface area (Å²) in [6.07, 6.45) is 1.49. The maximum atomic E-state index is 12.4. The summed E-state index contributed by atoms with van der Waals surface area (Å²) < 4.78 is 12.4. The molecule has 0 unspecified atom stereocenters. The number of nitrogens with zero attached hydrogens (tertiary/aromatic N) is 1. The minimum atomic E-state index is -0.397. The van der Waals surface area contributed by atoms with E-state index in [0.717, 1.165) is 5.56 Å². The molecule has 0 aromatic carbocycles. The van der Waals surface area contributed by atoms with Gasteiger partial charge in [-0.25, -0.2) is 4.98 Å². The maximum absolute atomic E-state index is 12.4. The van der Waals surface area contributed by atoms with Crippen molar-refractivity contribution in [1.82, 2.24) is 4.98 Å². The number of hydrogen-bond acceptors (Lipinski definition) is 2. The van der Waals surface area contributed by atoms with Crippen molar-refractivity contribution in [2.24, 2.45) is 0 Å². The number of pyridine rings is 1. The monoisotopic (exact) mass is 265 g/mol. The summed E-state index contributed by atoms with van der Waals surface area (Å²) in [5.41, 5.74) is 0.993. The smallest absolute Gasteiger partial charge is 0.213 e. The zero-order chi connectivity index (χ0) is 13.5. The molecule has 0 radical (unpaired) electrons. The SMILES string of the molecule is CC(C)c1cccs1.CC(C)c1ccnc(F)c1. The average Bonchev–Trinajstić information content (AvgIpc) is 2.83. The molecule has 0 aliphatic rings. The minimum Gasteiger partial charge on any atom is -0.228 e. The van der Waals surface area contributed by atoms with Crippen LogP contribution in [-0.4, -0.2) is 4.98 Å². The molecule has 1 nitrogen and oxygen atoms in total. The maximum Gasteiger partial charge on any atom is 0.213 e. The van der Waals surface area contributed by atoms with Gasteiger partial charge in [-0.3, -0.25) is 0 Å². The van der Waals surface area contributed by atoms with Crippen LogP contribution in [0, 0.1) is 5.95 Å². The molecule has 2 rings (SSSR count). The molecule has 0 amide bonds. The van der Waals surface area contributed by atoms with Gasteiger partial charge in [0.15, 0.2) is 0 Å². The predicted molar refractivity (Wildman–Crippen MR) is 76.7 cm³/mol. The molecule has 18 heavy (non-hydrogen) atoms. The van der Waals surface area contributed by atoms with Gasteiger partial charge >= 0.3 is 0 Å². The zero-order valence-electron chi connectivity index (χ0n) is 11.4. The highest BCUT2D eigenvalue weighted by atomic mass is 32.1. The Kier molecular flexibility index (Phi) is 5.99. The van der Waals surface area contributed by atoms with Crippen molar-refractivity contribution in [3.63, 3.8) is 0 Å². The lowest BCUT2D eigenvalue weighted by Crippen LogP contribution is -1.89. The van der Waals surface area contributed by atoms with Crippen LogP contribution in [0.4, 0.5) is 4.39 Å². The molecule has 0 aliphatic carbocycles. The second-order valence-electron chi connectivity index (χ2n) is 4.74. The van der Waals surface area contributed by atoms with Gasteiger partial charge in [0.1, 0.15) is 0 Å². The van der Waals surface area contributed by atoms with Crippen LogP contribution in [0.1, 0.15) is 50.0 Å². The van der Waals surface area contributed by atoms with Gasteiger partial charge in [-0.1, -0.05) is 33.8 Å². The summed E-state index contributed by atoms with van der Waals surface area (Å²) in [4.78, 5) is 4.93. The summed E-state index contributed by atoms with van der Waals surface area (Å²) in [6, 6.07) is 7.56. The highest BCUT2D eigenvalue weighted by Crippen LogP contribution is 2.18. The second-order valence-corrected chi connectivity index (χ2v) is 5.72. The van der Waals surface area contributed by atoms with Crippen LogP contribution in [0.2, 0.25) is 0 Å². The molecular weight excluding hydrogens is 245 g/mol. The van der Waals surface area contributed by atoms with E-state index in [-0.39, 0.29) is 0 Å². The van der Waals surface area contributed by atoms with Gasteiger partial charge in [0, 0.05) is 11.1 Å². The minimum absolute atomic E-state index is 0.373. The van der Waals surface area contributed by atoms with Crippen molar-refractivity contribution in [3.05, 3.63) is 52.2 Å². The van der Waals surface area contributed by atoms with E-state index in [9.17, 15) is 4.39 Å². The van der Waals surface area contributed by atoms with Gasteiger partial charge < -0.3 is 0 Å². The van der Waals surface area contributed by atoms with E-state index in [1.165, 1.54) is 17.1 Å². The number of halogens is 1. The van der Waals surface area contributed by atoms with E-state index in [0.29, 0.717) is 11.8 Å². The molecule has 0 saturated carbocycles. The fourth-order valence-electron chi connectivity index (χ4n) is 1.40. The normalized spacial score (nSPS) is 10.4. The topological polar surface area (TPSA) is 12.9 Å². The van der Waals surface area contributed by atoms with Crippen molar-refractivity contribution >= 4 is 11.3 Å². The van der Waals surface area contributed by atoms with Gasteiger partial charge in [0.25, 0.3) is 0 Å². The van der Waals surface area contributed by atoms with Crippen molar-refractivity contribution in [2.45, 2.75) is 39.5 Å². The standard InChI is InChI=1S/C8H10FN.C7H10S/c1-6(2)7-3-4-10-8(9)5-7;1-6(2)7-4-3-5-8-7/h3-6H,1-2H3;3-6H,1-2H3. The molecule has 0 atom stereocenters. The number of thiophene rings is 1. The van der Waals surface area contributed by atoms with Crippen LogP contribution < -0.4 is 0 Å². The van der Waals surface area contributed by atoms with Crippen molar-refractivity contribution < 1.29 is 4.39 Å². The average molecular weight is 265 g/mol. The van der Waals surface area contributed by atoms with Crippen molar-refractivity contribution in [1.29, 1.82) is 0 Å². The first-order valence-corrected chi connectivity index (χ1v) is 7.03. The summed E-state index contributed by atoms with van der Waals surface area (Å²) in [5, 5.41) is 2.12. The van der Waals surface area contributed by atoms with Crippen LogP contribution in [0.15, 0.2) is 35.8 Å². The fourth-order valence-corrected chi connectivity index (χ4v) is 2.14. The molecule has 3 heteroatoms. The third-order valence-electron chi connectivity index (χ3n) is 2.53. The number of aromatic nitrogens is 1. The van der Waals surface area contributed by atoms with E-state index >= 15 is 0 Å². The third-order valence-corrected chi connectivity index (χ3v) is 3.70. The first kappa shape index (κ1) is 14.8. The lowest BCUT2D eigenvalue weighted by Gasteiger charge is -2.02. The Morgan fingerprint density at radius 3 is 2.17 bits per heavy atom. The van der Waals surface area contributed by atoms with E-state index in [4.69, 9.17) is 0 Å². The highest BCUT2D eigenvalue weighted by Gasteiger charge is 1.99. The molecule has 0 spiro atoms. The molecule has 0 N–H and O–H groups in total.